The van der Waals surface area contributed by atoms with Crippen molar-refractivity contribution in [2.75, 3.05) is 0 Å². The van der Waals surface area contributed by atoms with Crippen LogP contribution in [-0.4, -0.2) is 11.1 Å². The fourth-order valence-electron chi connectivity index (χ4n) is 1.38. The summed E-state index contributed by atoms with van der Waals surface area (Å²) in [7, 11) is 0. The van der Waals surface area contributed by atoms with E-state index in [1.54, 1.807) is 6.08 Å². The summed E-state index contributed by atoms with van der Waals surface area (Å²) in [5.41, 5.74) is 3.53. The van der Waals surface area contributed by atoms with Crippen molar-refractivity contribution in [3.05, 3.63) is 53.1 Å². The van der Waals surface area contributed by atoms with Crippen molar-refractivity contribution in [1.82, 2.24) is 0 Å². The Bertz CT molecular complexity index is 394. The van der Waals surface area contributed by atoms with Gasteiger partial charge in [-0.2, -0.15) is 0 Å². The van der Waals surface area contributed by atoms with Gasteiger partial charge in [-0.15, -0.1) is 0 Å². The van der Waals surface area contributed by atoms with Crippen LogP contribution in [0.2, 0.25) is 0 Å². The molecule has 1 aromatic carbocycles. The van der Waals surface area contributed by atoms with Crippen molar-refractivity contribution in [1.29, 1.82) is 0 Å². The third kappa shape index (κ3) is 3.43. The number of hydrogen-bond acceptors (Lipinski definition) is 1. The zero-order chi connectivity index (χ0) is 11.3. The molecule has 78 valence electrons. The van der Waals surface area contributed by atoms with E-state index in [9.17, 15) is 4.79 Å². The van der Waals surface area contributed by atoms with Crippen molar-refractivity contribution < 1.29 is 9.90 Å². The van der Waals surface area contributed by atoms with Crippen LogP contribution >= 0.6 is 0 Å². The number of benzene rings is 1. The molecule has 0 spiro atoms. The van der Waals surface area contributed by atoms with Crippen LogP contribution in [0.4, 0.5) is 0 Å². The van der Waals surface area contributed by atoms with Crippen LogP contribution in [0.15, 0.2) is 36.4 Å². The number of allylic oxidation sites excluding steroid dienone is 2. The van der Waals surface area contributed by atoms with Gasteiger partial charge in [0.15, 0.2) is 0 Å². The SMILES string of the molecule is Cc1cccc(C)c1/C=C/C=C/C(=O)O. The average Bonchev–Trinajstić information content (AvgIpc) is 2.15. The van der Waals surface area contributed by atoms with E-state index < -0.39 is 5.97 Å². The van der Waals surface area contributed by atoms with E-state index in [0.717, 1.165) is 11.6 Å². The first-order chi connectivity index (χ1) is 7.11. The summed E-state index contributed by atoms with van der Waals surface area (Å²) < 4.78 is 0. The van der Waals surface area contributed by atoms with Gasteiger partial charge in [-0.25, -0.2) is 4.79 Å². The maximum Gasteiger partial charge on any atom is 0.328 e. The van der Waals surface area contributed by atoms with Gasteiger partial charge in [0.1, 0.15) is 0 Å². The van der Waals surface area contributed by atoms with Gasteiger partial charge in [0, 0.05) is 6.08 Å². The highest BCUT2D eigenvalue weighted by atomic mass is 16.4. The fraction of sp³-hybridized carbons (Fsp3) is 0.154. The van der Waals surface area contributed by atoms with Gasteiger partial charge in [0.05, 0.1) is 0 Å². The molecule has 0 aliphatic carbocycles. The van der Waals surface area contributed by atoms with Crippen LogP contribution in [0.1, 0.15) is 16.7 Å². The highest BCUT2D eigenvalue weighted by Crippen LogP contribution is 2.14. The number of rotatable bonds is 3. The Morgan fingerprint density at radius 3 is 2.33 bits per heavy atom. The number of carboxylic acids is 1. The second-order valence-electron chi connectivity index (χ2n) is 3.36. The van der Waals surface area contributed by atoms with Crippen LogP contribution < -0.4 is 0 Å². The van der Waals surface area contributed by atoms with E-state index in [2.05, 4.69) is 0 Å². The van der Waals surface area contributed by atoms with E-state index >= 15 is 0 Å². The molecular formula is C13H14O2. The highest BCUT2D eigenvalue weighted by molar-refractivity contribution is 5.80. The molecule has 0 radical (unpaired) electrons. The Balaban J connectivity index is 2.85. The summed E-state index contributed by atoms with van der Waals surface area (Å²) in [5.74, 6) is -0.929. The molecule has 1 aromatic rings. The lowest BCUT2D eigenvalue weighted by Crippen LogP contribution is -1.85. The molecule has 0 aromatic heterocycles. The normalized spacial score (nSPS) is 11.3. The number of hydrogen-bond donors (Lipinski definition) is 1. The van der Waals surface area contributed by atoms with Gasteiger partial charge < -0.3 is 5.11 Å². The van der Waals surface area contributed by atoms with Gasteiger partial charge in [-0.05, 0) is 30.5 Å². The van der Waals surface area contributed by atoms with Crippen LogP contribution in [0.25, 0.3) is 6.08 Å². The molecule has 0 amide bonds. The molecule has 1 rings (SSSR count). The van der Waals surface area contributed by atoms with Gasteiger partial charge in [-0.3, -0.25) is 0 Å². The molecule has 0 heterocycles. The van der Waals surface area contributed by atoms with E-state index in [1.165, 1.54) is 17.2 Å². The third-order valence-corrected chi connectivity index (χ3v) is 2.15. The van der Waals surface area contributed by atoms with Crippen molar-refractivity contribution in [2.24, 2.45) is 0 Å². The Labute approximate surface area is 89.6 Å². The lowest BCUT2D eigenvalue weighted by Gasteiger charge is -2.03. The van der Waals surface area contributed by atoms with Crippen molar-refractivity contribution in [2.45, 2.75) is 13.8 Å². The standard InChI is InChI=1S/C13H14O2/c1-10-6-5-7-11(2)12(10)8-3-4-9-13(14)15/h3-9H,1-2H3,(H,14,15)/b8-3+,9-4+. The second kappa shape index (κ2) is 5.15. The average molecular weight is 202 g/mol. The molecule has 0 unspecified atom stereocenters. The molecule has 0 bridgehead atoms. The Kier molecular flexibility index (Phi) is 3.86. The number of carboxylic acid groups (broad SMARTS) is 1. The monoisotopic (exact) mass is 202 g/mol. The van der Waals surface area contributed by atoms with Crippen molar-refractivity contribution in [3.63, 3.8) is 0 Å². The summed E-state index contributed by atoms with van der Waals surface area (Å²) >= 11 is 0. The van der Waals surface area contributed by atoms with Crippen LogP contribution in [-0.2, 0) is 4.79 Å². The third-order valence-electron chi connectivity index (χ3n) is 2.15. The molecule has 0 saturated heterocycles. The molecule has 0 saturated carbocycles. The fourth-order valence-corrected chi connectivity index (χ4v) is 1.38. The molecule has 15 heavy (non-hydrogen) atoms. The first-order valence-corrected chi connectivity index (χ1v) is 4.75. The summed E-state index contributed by atoms with van der Waals surface area (Å²) in [6, 6.07) is 6.08. The lowest BCUT2D eigenvalue weighted by molar-refractivity contribution is -0.131. The predicted molar refractivity (Wildman–Crippen MR) is 61.7 cm³/mol. The highest BCUT2D eigenvalue weighted by Gasteiger charge is 1.95. The quantitative estimate of drug-likeness (QED) is 0.604. The summed E-state index contributed by atoms with van der Waals surface area (Å²) in [6.45, 7) is 4.07. The van der Waals surface area contributed by atoms with Crippen LogP contribution in [0, 0.1) is 13.8 Å². The predicted octanol–water partition coefficient (Wildman–Crippen LogP) is 2.96. The minimum atomic E-state index is -0.929. The lowest BCUT2D eigenvalue weighted by atomic mass is 10.0. The minimum Gasteiger partial charge on any atom is -0.478 e. The Morgan fingerprint density at radius 2 is 1.80 bits per heavy atom. The molecule has 0 aliphatic rings. The number of carbonyl (C=O) groups is 1. The molecule has 1 N–H and O–H groups in total. The molecular weight excluding hydrogens is 188 g/mol. The summed E-state index contributed by atoms with van der Waals surface area (Å²) in [6.07, 6.45) is 6.30. The largest absolute Gasteiger partial charge is 0.478 e. The van der Waals surface area contributed by atoms with Gasteiger partial charge in [-0.1, -0.05) is 36.4 Å². The van der Waals surface area contributed by atoms with E-state index in [-0.39, 0.29) is 0 Å². The number of aliphatic carboxylic acids is 1. The van der Waals surface area contributed by atoms with Gasteiger partial charge in [0.2, 0.25) is 0 Å². The first kappa shape index (κ1) is 11.2. The molecule has 2 heteroatoms. The molecule has 0 fully saturated rings. The molecule has 0 aliphatic heterocycles. The van der Waals surface area contributed by atoms with E-state index in [1.807, 2.05) is 38.1 Å². The molecule has 2 nitrogen and oxygen atoms in total. The van der Waals surface area contributed by atoms with Crippen molar-refractivity contribution >= 4 is 12.0 Å². The smallest absolute Gasteiger partial charge is 0.328 e. The van der Waals surface area contributed by atoms with E-state index in [4.69, 9.17) is 5.11 Å². The Hall–Kier alpha value is -1.83. The number of aryl methyl sites for hydroxylation is 2. The van der Waals surface area contributed by atoms with Crippen LogP contribution in [0.5, 0.6) is 0 Å². The van der Waals surface area contributed by atoms with E-state index in [0.29, 0.717) is 0 Å². The topological polar surface area (TPSA) is 37.3 Å². The van der Waals surface area contributed by atoms with Crippen molar-refractivity contribution in [3.8, 4) is 0 Å². The van der Waals surface area contributed by atoms with Gasteiger partial charge >= 0.3 is 5.97 Å². The summed E-state index contributed by atoms with van der Waals surface area (Å²) in [5, 5.41) is 8.40. The Morgan fingerprint density at radius 1 is 1.20 bits per heavy atom. The van der Waals surface area contributed by atoms with Crippen LogP contribution in [0.3, 0.4) is 0 Å². The zero-order valence-electron chi connectivity index (χ0n) is 8.90. The minimum absolute atomic E-state index is 0.929. The first-order valence-electron chi connectivity index (χ1n) is 4.75. The molecule has 0 atom stereocenters. The zero-order valence-corrected chi connectivity index (χ0v) is 8.90. The van der Waals surface area contributed by atoms with Gasteiger partial charge in [0.25, 0.3) is 0 Å². The second-order valence-corrected chi connectivity index (χ2v) is 3.36. The maximum absolute atomic E-state index is 10.2. The summed E-state index contributed by atoms with van der Waals surface area (Å²) in [4.78, 5) is 10.2. The maximum atomic E-state index is 10.2.